The summed E-state index contributed by atoms with van der Waals surface area (Å²) in [7, 11) is -3.99. The normalized spacial score (nSPS) is 15.1. The number of amides is 4. The first-order valence-corrected chi connectivity index (χ1v) is 25.0. The van der Waals surface area contributed by atoms with E-state index in [2.05, 4.69) is 10.9 Å². The van der Waals surface area contributed by atoms with Crippen LogP contribution >= 0.6 is 0 Å². The molecule has 16 nitrogen and oxygen atoms in total. The number of aliphatic hydroxyl groups excluding tert-OH is 1. The molecule has 72 heavy (non-hydrogen) atoms. The van der Waals surface area contributed by atoms with Crippen molar-refractivity contribution >= 4 is 33.7 Å². The molecule has 17 heteroatoms. The summed E-state index contributed by atoms with van der Waals surface area (Å²) in [4.78, 5) is 53.5. The van der Waals surface area contributed by atoms with E-state index in [0.717, 1.165) is 27.8 Å². The minimum Gasteiger partial charge on any atom is -0.486 e. The van der Waals surface area contributed by atoms with Crippen molar-refractivity contribution in [2.75, 3.05) is 26.4 Å². The van der Waals surface area contributed by atoms with Crippen LogP contribution in [0.25, 0.3) is 0 Å². The fraction of sp³-hybridized carbons (Fsp3) is 0.382. The summed E-state index contributed by atoms with van der Waals surface area (Å²) in [5.74, 6) is 0.148. The van der Waals surface area contributed by atoms with Crippen molar-refractivity contribution in [3.8, 4) is 23.0 Å². The van der Waals surface area contributed by atoms with E-state index in [-0.39, 0.29) is 48.7 Å². The predicted octanol–water partition coefficient (Wildman–Crippen LogP) is 8.38. The van der Waals surface area contributed by atoms with Crippen molar-refractivity contribution in [1.82, 2.24) is 20.9 Å². The molecule has 0 saturated heterocycles. The van der Waals surface area contributed by atoms with Gasteiger partial charge in [0.25, 0.3) is 33.7 Å². The molecule has 3 N–H and O–H groups in total. The van der Waals surface area contributed by atoms with E-state index in [9.17, 15) is 32.7 Å². The van der Waals surface area contributed by atoms with Gasteiger partial charge in [0.05, 0.1) is 22.6 Å². The fourth-order valence-corrected chi connectivity index (χ4v) is 8.98. The molecule has 0 aliphatic carbocycles. The van der Waals surface area contributed by atoms with Crippen LogP contribution in [-0.4, -0.2) is 96.9 Å². The molecule has 0 aromatic heterocycles. The first-order valence-electron chi connectivity index (χ1n) is 23.6. The highest BCUT2D eigenvalue weighted by Crippen LogP contribution is 2.38. The number of hydrogen-bond acceptors (Lipinski definition) is 12. The van der Waals surface area contributed by atoms with Crippen LogP contribution in [-0.2, 0) is 14.3 Å². The summed E-state index contributed by atoms with van der Waals surface area (Å²) in [6.45, 7) is 24.0. The molecule has 2 aliphatic heterocycles. The summed E-state index contributed by atoms with van der Waals surface area (Å²) in [5, 5.41) is 12.1. The van der Waals surface area contributed by atoms with Gasteiger partial charge >= 0.3 is 0 Å². The Morgan fingerprint density at radius 1 is 0.583 bits per heavy atom. The lowest BCUT2D eigenvalue weighted by Gasteiger charge is -2.36. The molecule has 0 fully saturated rings. The monoisotopic (exact) mass is 1010 g/mol. The average Bonchev–Trinajstić information content (AvgIpc) is 3.30. The lowest BCUT2D eigenvalue weighted by molar-refractivity contribution is 0.0354. The van der Waals surface area contributed by atoms with Crippen LogP contribution in [0.4, 0.5) is 0 Å². The molecule has 2 atom stereocenters. The predicted molar refractivity (Wildman–Crippen MR) is 272 cm³/mol. The molecule has 5 aromatic rings. The molecule has 7 rings (SSSR count). The van der Waals surface area contributed by atoms with Gasteiger partial charge < -0.3 is 24.1 Å². The zero-order valence-corrected chi connectivity index (χ0v) is 44.1. The van der Waals surface area contributed by atoms with Gasteiger partial charge in [0.1, 0.15) is 19.8 Å². The Kier molecular flexibility index (Phi) is 16.5. The molecule has 2 aliphatic rings. The van der Waals surface area contributed by atoms with Gasteiger partial charge in [0.2, 0.25) is 0 Å². The molecule has 0 bridgehead atoms. The lowest BCUT2D eigenvalue weighted by atomic mass is 10.0. The second-order valence-electron chi connectivity index (χ2n) is 20.2. The van der Waals surface area contributed by atoms with E-state index in [1.165, 1.54) is 22.2 Å². The van der Waals surface area contributed by atoms with Crippen LogP contribution in [0.15, 0.2) is 89.8 Å². The van der Waals surface area contributed by atoms with Crippen LogP contribution in [0, 0.1) is 48.5 Å². The lowest BCUT2D eigenvalue weighted by Crippen LogP contribution is -2.56. The Morgan fingerprint density at radius 2 is 0.972 bits per heavy atom. The molecular formula is C55H66N4O12S. The van der Waals surface area contributed by atoms with Crippen molar-refractivity contribution in [3.63, 3.8) is 0 Å². The number of rotatable bonds is 9. The third-order valence-corrected chi connectivity index (χ3v) is 13.0. The molecular weight excluding hydrogens is 941 g/mol. The highest BCUT2D eigenvalue weighted by atomic mass is 32.2. The first kappa shape index (κ1) is 54.4. The number of carbonyl (C=O) groups excluding carboxylic acids is 4. The second-order valence-corrected chi connectivity index (χ2v) is 21.8. The van der Waals surface area contributed by atoms with Crippen molar-refractivity contribution < 1.29 is 55.8 Å². The minimum atomic E-state index is -3.99. The number of nitrogens with zero attached hydrogens (tertiary/aromatic N) is 2. The van der Waals surface area contributed by atoms with Gasteiger partial charge in [0, 0.05) is 33.4 Å². The third kappa shape index (κ3) is 12.9. The van der Waals surface area contributed by atoms with E-state index < -0.39 is 45.2 Å². The number of benzene rings is 5. The van der Waals surface area contributed by atoms with Crippen LogP contribution in [0.3, 0.4) is 0 Å². The van der Waals surface area contributed by atoms with E-state index in [1.54, 1.807) is 62.4 Å². The standard InChI is InChI=1S/C31H36N2O7S.C24H30N2O5/c1-19-8-10-25(11-9-19)41(36,37)39-18-24-17-38-27-13-12-26(22(4)28(27)40-24)29(34)32-33(31(5,6)7)30(35)23-15-20(2)14-21(3)16-23;1-14-9-15(2)11-17(10-14)23(29)26(24(4,5)6)25-22(28)19-7-8-20-21(16(19)3)31-18(12-27)13-30-20/h8-16,24H,17-18H2,1-7H3,(H,32,34);7-11,18,27H,12-13H2,1-6H3,(H,25,28)/t24-;18-/m10/s1. The number of hydrogen-bond donors (Lipinski definition) is 3. The number of carbonyl (C=O) groups is 4. The highest BCUT2D eigenvalue weighted by molar-refractivity contribution is 7.86. The Bertz CT molecular complexity index is 2940. The van der Waals surface area contributed by atoms with Crippen molar-refractivity contribution in [3.05, 3.63) is 146 Å². The average molecular weight is 1010 g/mol. The van der Waals surface area contributed by atoms with Crippen LogP contribution in [0.1, 0.15) is 122 Å². The second kappa shape index (κ2) is 21.8. The number of aryl methyl sites for hydroxylation is 5. The molecule has 0 spiro atoms. The number of aliphatic hydroxyl groups is 1. The number of fused-ring (bicyclic) bond motifs is 2. The van der Waals surface area contributed by atoms with Crippen molar-refractivity contribution in [1.29, 1.82) is 0 Å². The zero-order chi connectivity index (χ0) is 53.0. The molecule has 0 saturated carbocycles. The maximum absolute atomic E-state index is 13.5. The summed E-state index contributed by atoms with van der Waals surface area (Å²) in [6.07, 6.45) is -1.21. The fourth-order valence-electron chi connectivity index (χ4n) is 8.05. The molecule has 2 heterocycles. The maximum atomic E-state index is 13.5. The van der Waals surface area contributed by atoms with Gasteiger partial charge in [-0.05, 0) is 151 Å². The van der Waals surface area contributed by atoms with E-state index in [1.807, 2.05) is 100 Å². The topological polar surface area (TPSA) is 199 Å². The summed E-state index contributed by atoms with van der Waals surface area (Å²) in [6, 6.07) is 24.1. The van der Waals surface area contributed by atoms with Gasteiger partial charge in [-0.25, -0.2) is 10.0 Å². The van der Waals surface area contributed by atoms with Crippen LogP contribution in [0.5, 0.6) is 23.0 Å². The van der Waals surface area contributed by atoms with Gasteiger partial charge in [0.15, 0.2) is 35.2 Å². The number of ether oxygens (including phenoxy) is 4. The first-order chi connectivity index (χ1) is 33.7. The largest absolute Gasteiger partial charge is 0.486 e. The van der Waals surface area contributed by atoms with Gasteiger partial charge in [-0.3, -0.25) is 34.2 Å². The van der Waals surface area contributed by atoms with Crippen LogP contribution in [0.2, 0.25) is 0 Å². The van der Waals surface area contributed by atoms with Gasteiger partial charge in [-0.2, -0.15) is 8.42 Å². The molecule has 4 amide bonds. The van der Waals surface area contributed by atoms with Crippen LogP contribution < -0.4 is 29.8 Å². The number of nitrogens with one attached hydrogen (secondary N) is 2. The van der Waals surface area contributed by atoms with E-state index >= 15 is 0 Å². The Balaban J connectivity index is 0.000000245. The summed E-state index contributed by atoms with van der Waals surface area (Å²) in [5.41, 5.74) is 11.7. The van der Waals surface area contributed by atoms with E-state index in [0.29, 0.717) is 50.8 Å². The Hall–Kier alpha value is -6.95. The third-order valence-electron chi connectivity index (χ3n) is 11.7. The van der Waals surface area contributed by atoms with Crippen molar-refractivity contribution in [2.24, 2.45) is 0 Å². The molecule has 5 aromatic carbocycles. The zero-order valence-electron chi connectivity index (χ0n) is 43.3. The minimum absolute atomic E-state index is 0.0501. The molecule has 0 unspecified atom stereocenters. The van der Waals surface area contributed by atoms with Gasteiger partial charge in [-0.15, -0.1) is 0 Å². The smallest absolute Gasteiger partial charge is 0.297 e. The van der Waals surface area contributed by atoms with E-state index in [4.69, 9.17) is 23.1 Å². The Labute approximate surface area is 422 Å². The maximum Gasteiger partial charge on any atom is 0.297 e. The highest BCUT2D eigenvalue weighted by Gasteiger charge is 2.34. The molecule has 384 valence electrons. The van der Waals surface area contributed by atoms with Crippen molar-refractivity contribution in [2.45, 2.75) is 118 Å². The Morgan fingerprint density at radius 3 is 1.36 bits per heavy atom. The quantitative estimate of drug-likeness (QED) is 0.0943. The SMILES string of the molecule is Cc1cc(C)cc(C(=O)N(NC(=O)c2ccc3c(c2C)O[C@@H](CO)CO3)C(C)(C)C)c1.Cc1ccc(S(=O)(=O)OC[C@H]2COc3ccc(C(=O)NN(C(=O)c4cc(C)cc(C)c4)C(C)(C)C)c(C)c3O2)cc1. The van der Waals surface area contributed by atoms with Gasteiger partial charge in [-0.1, -0.05) is 52.1 Å². The summed E-state index contributed by atoms with van der Waals surface area (Å²) >= 11 is 0. The molecule has 0 radical (unpaired) electrons. The summed E-state index contributed by atoms with van der Waals surface area (Å²) < 4.78 is 53.7. The number of hydrazine groups is 2.